The molecule has 164 valence electrons. The third kappa shape index (κ3) is 4.95. The zero-order chi connectivity index (χ0) is 23.2. The van der Waals surface area contributed by atoms with E-state index in [9.17, 15) is 10.1 Å². The van der Waals surface area contributed by atoms with Crippen LogP contribution in [0.1, 0.15) is 24.0 Å². The van der Waals surface area contributed by atoms with Crippen LogP contribution in [0.5, 0.6) is 5.75 Å². The van der Waals surface area contributed by atoms with Crippen LogP contribution in [-0.4, -0.2) is 30.6 Å². The molecule has 1 saturated heterocycles. The maximum absolute atomic E-state index is 12.6. The van der Waals surface area contributed by atoms with Crippen molar-refractivity contribution in [2.24, 2.45) is 0 Å². The van der Waals surface area contributed by atoms with Crippen LogP contribution in [0.25, 0.3) is 10.9 Å². The highest BCUT2D eigenvalue weighted by Gasteiger charge is 2.15. The Labute approximate surface area is 192 Å². The molecule has 1 aliphatic rings. The van der Waals surface area contributed by atoms with Crippen molar-refractivity contribution in [3.05, 3.63) is 65.9 Å². The number of aromatic nitrogens is 1. The van der Waals surface area contributed by atoms with Gasteiger partial charge in [0, 0.05) is 41.0 Å². The summed E-state index contributed by atoms with van der Waals surface area (Å²) in [6, 6.07) is 13.2. The van der Waals surface area contributed by atoms with Crippen LogP contribution in [0.2, 0.25) is 0 Å². The van der Waals surface area contributed by atoms with Crippen molar-refractivity contribution in [3.8, 4) is 24.2 Å². The number of nitrogens with one attached hydrogen (secondary N) is 3. The smallest absolute Gasteiger partial charge is 0.248 e. The summed E-state index contributed by atoms with van der Waals surface area (Å²) in [6.07, 6.45) is 12.5. The van der Waals surface area contributed by atoms with Gasteiger partial charge in [0.15, 0.2) is 0 Å². The average molecular weight is 438 g/mol. The highest BCUT2D eigenvalue weighted by molar-refractivity contribution is 6.04. The fourth-order valence-corrected chi connectivity index (χ4v) is 3.79. The van der Waals surface area contributed by atoms with Crippen LogP contribution in [0, 0.1) is 23.7 Å². The van der Waals surface area contributed by atoms with E-state index in [1.165, 1.54) is 19.4 Å². The van der Waals surface area contributed by atoms with E-state index >= 15 is 0 Å². The van der Waals surface area contributed by atoms with E-state index in [-0.39, 0.29) is 11.9 Å². The SMILES string of the molecule is C#Cc1cccc(Nc2c(C#N)cnc3cc(OC)c(NC(=O)/C=C/C4CCCN4)cc23)c1. The number of rotatable bonds is 6. The second-order valence-electron chi connectivity index (χ2n) is 7.63. The van der Waals surface area contributed by atoms with E-state index in [1.807, 2.05) is 30.3 Å². The zero-order valence-electron chi connectivity index (χ0n) is 18.2. The number of terminal acetylenes is 1. The molecule has 0 aliphatic carbocycles. The second kappa shape index (κ2) is 9.86. The molecule has 1 aromatic heterocycles. The van der Waals surface area contributed by atoms with Crippen LogP contribution < -0.4 is 20.7 Å². The fraction of sp³-hybridized carbons (Fsp3) is 0.192. The van der Waals surface area contributed by atoms with Crippen LogP contribution >= 0.6 is 0 Å². The molecule has 3 aromatic rings. The normalized spacial score (nSPS) is 15.2. The number of nitriles is 1. The molecule has 33 heavy (non-hydrogen) atoms. The lowest BCUT2D eigenvalue weighted by Crippen LogP contribution is -2.19. The first kappa shape index (κ1) is 21.9. The Balaban J connectivity index is 1.72. The van der Waals surface area contributed by atoms with E-state index in [0.29, 0.717) is 33.6 Å². The number of ether oxygens (including phenoxy) is 1. The Bertz CT molecular complexity index is 1310. The molecule has 1 amide bonds. The molecule has 4 rings (SSSR count). The van der Waals surface area contributed by atoms with Gasteiger partial charge in [-0.15, -0.1) is 6.42 Å². The minimum Gasteiger partial charge on any atom is -0.494 e. The van der Waals surface area contributed by atoms with Gasteiger partial charge in [-0.3, -0.25) is 9.78 Å². The summed E-state index contributed by atoms with van der Waals surface area (Å²) in [5.41, 5.74) is 3.49. The molecule has 1 aliphatic heterocycles. The summed E-state index contributed by atoms with van der Waals surface area (Å²) < 4.78 is 5.48. The summed E-state index contributed by atoms with van der Waals surface area (Å²) in [7, 11) is 1.53. The number of nitrogens with zero attached hydrogens (tertiary/aromatic N) is 2. The largest absolute Gasteiger partial charge is 0.494 e. The second-order valence-corrected chi connectivity index (χ2v) is 7.63. The van der Waals surface area contributed by atoms with Crippen LogP contribution in [-0.2, 0) is 4.79 Å². The predicted octanol–water partition coefficient (Wildman–Crippen LogP) is 4.09. The molecular formula is C26H23N5O2. The van der Waals surface area contributed by atoms with Gasteiger partial charge in [0.2, 0.25) is 5.91 Å². The Morgan fingerprint density at radius 1 is 1.36 bits per heavy atom. The molecule has 0 saturated carbocycles. The average Bonchev–Trinajstić information content (AvgIpc) is 3.36. The molecule has 1 atom stereocenters. The van der Waals surface area contributed by atoms with E-state index in [1.54, 1.807) is 12.1 Å². The minimum absolute atomic E-state index is 0.214. The highest BCUT2D eigenvalue weighted by Crippen LogP contribution is 2.36. The van der Waals surface area contributed by atoms with Crippen LogP contribution in [0.4, 0.5) is 17.1 Å². The van der Waals surface area contributed by atoms with Crippen molar-refractivity contribution < 1.29 is 9.53 Å². The predicted molar refractivity (Wildman–Crippen MR) is 129 cm³/mol. The summed E-state index contributed by atoms with van der Waals surface area (Å²) in [5, 5.41) is 19.8. The molecule has 0 spiro atoms. The number of anilines is 3. The summed E-state index contributed by atoms with van der Waals surface area (Å²) in [5.74, 6) is 2.82. The topological polar surface area (TPSA) is 99.1 Å². The van der Waals surface area contributed by atoms with Gasteiger partial charge in [0.1, 0.15) is 11.8 Å². The van der Waals surface area contributed by atoms with E-state index in [4.69, 9.17) is 11.2 Å². The van der Waals surface area contributed by atoms with Gasteiger partial charge < -0.3 is 20.7 Å². The Hall–Kier alpha value is -4.33. The first-order valence-electron chi connectivity index (χ1n) is 10.6. The number of hydrogen-bond acceptors (Lipinski definition) is 6. The van der Waals surface area contributed by atoms with E-state index < -0.39 is 0 Å². The number of fused-ring (bicyclic) bond motifs is 1. The lowest BCUT2D eigenvalue weighted by atomic mass is 10.1. The van der Waals surface area contributed by atoms with Crippen LogP contribution in [0.15, 0.2) is 54.7 Å². The molecule has 0 bridgehead atoms. The number of methoxy groups -OCH3 is 1. The van der Waals surface area contributed by atoms with Gasteiger partial charge in [0.05, 0.1) is 29.6 Å². The van der Waals surface area contributed by atoms with Crippen molar-refractivity contribution in [1.29, 1.82) is 5.26 Å². The van der Waals surface area contributed by atoms with E-state index in [0.717, 1.165) is 30.6 Å². The number of carbonyl (C=O) groups excluding carboxylic acids is 1. The maximum atomic E-state index is 12.6. The lowest BCUT2D eigenvalue weighted by Gasteiger charge is -2.15. The van der Waals surface area contributed by atoms with Gasteiger partial charge >= 0.3 is 0 Å². The molecular weight excluding hydrogens is 414 g/mol. The van der Waals surface area contributed by atoms with Crippen LogP contribution in [0.3, 0.4) is 0 Å². The van der Waals surface area contributed by atoms with Crippen molar-refractivity contribution >= 4 is 33.9 Å². The molecule has 0 radical (unpaired) electrons. The minimum atomic E-state index is -0.262. The number of benzene rings is 2. The summed E-state index contributed by atoms with van der Waals surface area (Å²) in [6.45, 7) is 0.962. The zero-order valence-corrected chi connectivity index (χ0v) is 18.2. The van der Waals surface area contributed by atoms with Crippen molar-refractivity contribution in [1.82, 2.24) is 10.3 Å². The number of hydrogen-bond donors (Lipinski definition) is 3. The maximum Gasteiger partial charge on any atom is 0.248 e. The molecule has 2 aromatic carbocycles. The van der Waals surface area contributed by atoms with Crippen molar-refractivity contribution in [2.75, 3.05) is 24.3 Å². The molecule has 2 heterocycles. The quantitative estimate of drug-likeness (QED) is 0.397. The summed E-state index contributed by atoms with van der Waals surface area (Å²) >= 11 is 0. The standard InChI is InChI=1S/C26H23N5O2/c1-3-17-6-4-7-20(12-17)30-26-18(15-27)16-29-22-14-24(33-2)23(13-21(22)26)31-25(32)10-9-19-8-5-11-28-19/h1,4,6-7,9-10,12-14,16,19,28H,5,8,11H2,2H3,(H,29,30)(H,31,32)/b10-9+. The van der Waals surface area contributed by atoms with E-state index in [2.05, 4.69) is 32.9 Å². The van der Waals surface area contributed by atoms with Crippen molar-refractivity contribution in [3.63, 3.8) is 0 Å². The first-order chi connectivity index (χ1) is 16.1. The highest BCUT2D eigenvalue weighted by atomic mass is 16.5. The molecule has 3 N–H and O–H groups in total. The van der Waals surface area contributed by atoms with Gasteiger partial charge in [-0.05, 0) is 43.7 Å². The Morgan fingerprint density at radius 3 is 2.97 bits per heavy atom. The van der Waals surface area contributed by atoms with Gasteiger partial charge in [-0.2, -0.15) is 5.26 Å². The number of pyridine rings is 1. The number of carbonyl (C=O) groups is 1. The Morgan fingerprint density at radius 2 is 2.24 bits per heavy atom. The third-order valence-electron chi connectivity index (χ3n) is 5.44. The van der Waals surface area contributed by atoms with Gasteiger partial charge in [-0.1, -0.05) is 18.1 Å². The molecule has 1 unspecified atom stereocenters. The first-order valence-corrected chi connectivity index (χ1v) is 10.6. The Kier molecular flexibility index (Phi) is 6.54. The molecule has 1 fully saturated rings. The summed E-state index contributed by atoms with van der Waals surface area (Å²) in [4.78, 5) is 17.0. The monoisotopic (exact) mass is 437 g/mol. The van der Waals surface area contributed by atoms with Gasteiger partial charge in [-0.25, -0.2) is 0 Å². The van der Waals surface area contributed by atoms with Gasteiger partial charge in [0.25, 0.3) is 0 Å². The third-order valence-corrected chi connectivity index (χ3v) is 5.44. The lowest BCUT2D eigenvalue weighted by molar-refractivity contribution is -0.111. The fourth-order valence-electron chi connectivity index (χ4n) is 3.79. The molecule has 7 nitrogen and oxygen atoms in total. The number of amides is 1. The van der Waals surface area contributed by atoms with Crippen molar-refractivity contribution in [2.45, 2.75) is 18.9 Å². The molecule has 7 heteroatoms.